The number of nitrogens with zero attached hydrogens (tertiary/aromatic N) is 4. The van der Waals surface area contributed by atoms with Crippen LogP contribution in [0.1, 0.15) is 6.92 Å². The molecular formula is C21H17Cl2N5O2S2. The zero-order valence-corrected chi connectivity index (χ0v) is 20.1. The molecule has 164 valence electrons. The van der Waals surface area contributed by atoms with Gasteiger partial charge in [-0.2, -0.15) is 0 Å². The molecule has 2 aromatic carbocycles. The number of nitrogens with one attached hydrogen (secondary N) is 1. The summed E-state index contributed by atoms with van der Waals surface area (Å²) in [4.78, 5) is 17.3. The summed E-state index contributed by atoms with van der Waals surface area (Å²) in [7, 11) is 1.60. The minimum absolute atomic E-state index is 0.195. The third-order valence-electron chi connectivity index (χ3n) is 4.46. The number of rotatable bonds is 7. The fourth-order valence-corrected chi connectivity index (χ4v) is 4.69. The van der Waals surface area contributed by atoms with Gasteiger partial charge >= 0.3 is 0 Å². The number of hydrogen-bond acceptors (Lipinski definition) is 7. The van der Waals surface area contributed by atoms with Crippen LogP contribution in [0.25, 0.3) is 16.9 Å². The van der Waals surface area contributed by atoms with Crippen LogP contribution in [-0.2, 0) is 4.79 Å². The highest BCUT2D eigenvalue weighted by atomic mass is 35.5. The molecular weight excluding hydrogens is 489 g/mol. The number of hydrogen-bond donors (Lipinski definition) is 1. The average molecular weight is 506 g/mol. The lowest BCUT2D eigenvalue weighted by atomic mass is 10.2. The Morgan fingerprint density at radius 2 is 2.03 bits per heavy atom. The Bertz CT molecular complexity index is 1260. The molecule has 0 spiro atoms. The van der Waals surface area contributed by atoms with E-state index in [4.69, 9.17) is 27.9 Å². The second kappa shape index (κ2) is 9.91. The van der Waals surface area contributed by atoms with Crippen LogP contribution in [-0.4, -0.2) is 38.0 Å². The van der Waals surface area contributed by atoms with E-state index >= 15 is 0 Å². The van der Waals surface area contributed by atoms with Gasteiger partial charge in [0.2, 0.25) is 5.91 Å². The van der Waals surface area contributed by atoms with E-state index in [1.54, 1.807) is 37.1 Å². The van der Waals surface area contributed by atoms with Gasteiger partial charge in [-0.3, -0.25) is 9.36 Å². The first-order chi connectivity index (χ1) is 15.5. The van der Waals surface area contributed by atoms with E-state index in [2.05, 4.69) is 20.5 Å². The molecule has 2 aromatic heterocycles. The number of thioether (sulfide) groups is 1. The third kappa shape index (κ3) is 4.91. The van der Waals surface area contributed by atoms with E-state index in [1.807, 2.05) is 35.7 Å². The topological polar surface area (TPSA) is 81.9 Å². The van der Waals surface area contributed by atoms with E-state index < -0.39 is 5.25 Å². The van der Waals surface area contributed by atoms with Crippen molar-refractivity contribution in [3.63, 3.8) is 0 Å². The zero-order chi connectivity index (χ0) is 22.7. The minimum atomic E-state index is -0.440. The maximum atomic E-state index is 12.8. The molecule has 7 nitrogen and oxygen atoms in total. The number of thiazole rings is 1. The molecule has 1 N–H and O–H groups in total. The SMILES string of the molecule is COc1ccccc1-n1cnnc1S[C@@H](C)C(=O)Nc1nc(-c2ccc(Cl)c(Cl)c2)cs1. The first-order valence-corrected chi connectivity index (χ1v) is 11.9. The number of para-hydroxylation sites is 2. The van der Waals surface area contributed by atoms with Gasteiger partial charge in [-0.1, -0.05) is 53.2 Å². The Morgan fingerprint density at radius 3 is 2.81 bits per heavy atom. The van der Waals surface area contributed by atoms with Crippen molar-refractivity contribution < 1.29 is 9.53 Å². The van der Waals surface area contributed by atoms with Crippen LogP contribution in [0.5, 0.6) is 5.75 Å². The fraction of sp³-hybridized carbons (Fsp3) is 0.143. The summed E-state index contributed by atoms with van der Waals surface area (Å²) in [6, 6.07) is 12.8. The lowest BCUT2D eigenvalue weighted by Gasteiger charge is -2.13. The Hall–Kier alpha value is -2.59. The standard InChI is InChI=1S/C21H17Cl2N5O2S2/c1-12(32-21-27-24-11-28(21)17-5-3-4-6-18(17)30-2)19(29)26-20-25-16(10-31-20)13-7-8-14(22)15(23)9-13/h3-12H,1-2H3,(H,25,26,29)/t12-/m0/s1. The van der Waals surface area contributed by atoms with Crippen molar-refractivity contribution in [3.05, 3.63) is 64.2 Å². The largest absolute Gasteiger partial charge is 0.495 e. The molecule has 4 aromatic rings. The molecule has 0 radical (unpaired) electrons. The predicted molar refractivity (Wildman–Crippen MR) is 129 cm³/mol. The van der Waals surface area contributed by atoms with Crippen LogP contribution < -0.4 is 10.1 Å². The molecule has 1 amide bonds. The molecule has 0 aliphatic carbocycles. The van der Waals surface area contributed by atoms with E-state index in [-0.39, 0.29) is 5.91 Å². The molecule has 2 heterocycles. The highest BCUT2D eigenvalue weighted by Crippen LogP contribution is 2.32. The van der Waals surface area contributed by atoms with Gasteiger partial charge in [-0.25, -0.2) is 4.98 Å². The van der Waals surface area contributed by atoms with Gasteiger partial charge in [0.25, 0.3) is 0 Å². The van der Waals surface area contributed by atoms with Gasteiger partial charge in [0.15, 0.2) is 10.3 Å². The minimum Gasteiger partial charge on any atom is -0.495 e. The van der Waals surface area contributed by atoms with Crippen molar-refractivity contribution in [2.45, 2.75) is 17.3 Å². The number of carbonyl (C=O) groups excluding carboxylic acids is 1. The summed E-state index contributed by atoms with van der Waals surface area (Å²) in [5.41, 5.74) is 2.32. The summed E-state index contributed by atoms with van der Waals surface area (Å²) in [6.07, 6.45) is 1.59. The maximum Gasteiger partial charge on any atom is 0.239 e. The van der Waals surface area contributed by atoms with Crippen LogP contribution >= 0.6 is 46.3 Å². The van der Waals surface area contributed by atoms with E-state index in [0.717, 1.165) is 11.3 Å². The van der Waals surface area contributed by atoms with Crippen LogP contribution in [0.4, 0.5) is 5.13 Å². The van der Waals surface area contributed by atoms with Gasteiger partial charge in [0.1, 0.15) is 12.1 Å². The molecule has 0 bridgehead atoms. The predicted octanol–water partition coefficient (Wildman–Crippen LogP) is 5.83. The molecule has 0 saturated heterocycles. The summed E-state index contributed by atoms with van der Waals surface area (Å²) < 4.78 is 7.21. The van der Waals surface area contributed by atoms with E-state index in [9.17, 15) is 4.79 Å². The monoisotopic (exact) mass is 505 g/mol. The van der Waals surface area contributed by atoms with Crippen molar-refractivity contribution >= 4 is 57.3 Å². The summed E-state index contributed by atoms with van der Waals surface area (Å²) in [5.74, 6) is 0.489. The molecule has 0 fully saturated rings. The molecule has 11 heteroatoms. The number of halogens is 2. The van der Waals surface area contributed by atoms with Crippen LogP contribution in [0.2, 0.25) is 10.0 Å². The number of carbonyl (C=O) groups is 1. The number of aromatic nitrogens is 4. The maximum absolute atomic E-state index is 12.8. The quantitative estimate of drug-likeness (QED) is 0.318. The lowest BCUT2D eigenvalue weighted by Crippen LogP contribution is -2.22. The van der Waals surface area contributed by atoms with E-state index in [1.165, 1.54) is 23.1 Å². The highest BCUT2D eigenvalue weighted by molar-refractivity contribution is 8.00. The van der Waals surface area contributed by atoms with Gasteiger partial charge < -0.3 is 10.1 Å². The summed E-state index contributed by atoms with van der Waals surface area (Å²) in [5, 5.41) is 14.4. The molecule has 0 unspecified atom stereocenters. The molecule has 32 heavy (non-hydrogen) atoms. The molecule has 0 saturated carbocycles. The van der Waals surface area contributed by atoms with Crippen LogP contribution in [0.3, 0.4) is 0 Å². The number of anilines is 1. The van der Waals surface area contributed by atoms with Crippen molar-refractivity contribution in [1.82, 2.24) is 19.7 Å². The summed E-state index contributed by atoms with van der Waals surface area (Å²) >= 11 is 14.7. The van der Waals surface area contributed by atoms with Gasteiger partial charge in [-0.05, 0) is 31.2 Å². The number of benzene rings is 2. The Morgan fingerprint density at radius 1 is 1.22 bits per heavy atom. The van der Waals surface area contributed by atoms with Crippen molar-refractivity contribution in [3.8, 4) is 22.7 Å². The molecule has 0 aliphatic rings. The van der Waals surface area contributed by atoms with Crippen molar-refractivity contribution in [2.24, 2.45) is 0 Å². The fourth-order valence-electron chi connectivity index (χ4n) is 2.84. The van der Waals surface area contributed by atoms with Gasteiger partial charge in [-0.15, -0.1) is 21.5 Å². The molecule has 4 rings (SSSR count). The first-order valence-electron chi connectivity index (χ1n) is 9.38. The average Bonchev–Trinajstić information content (AvgIpc) is 3.45. The zero-order valence-electron chi connectivity index (χ0n) is 17.0. The number of amides is 1. The smallest absolute Gasteiger partial charge is 0.239 e. The van der Waals surface area contributed by atoms with E-state index in [0.29, 0.717) is 31.8 Å². The summed E-state index contributed by atoms with van der Waals surface area (Å²) in [6.45, 7) is 1.80. The first kappa shape index (κ1) is 22.6. The van der Waals surface area contributed by atoms with Gasteiger partial charge in [0, 0.05) is 10.9 Å². The van der Waals surface area contributed by atoms with Crippen molar-refractivity contribution in [1.29, 1.82) is 0 Å². The molecule has 0 aliphatic heterocycles. The molecule has 1 atom stereocenters. The second-order valence-corrected chi connectivity index (χ2v) is 9.55. The highest BCUT2D eigenvalue weighted by Gasteiger charge is 2.21. The third-order valence-corrected chi connectivity index (χ3v) is 7.02. The Kier molecular flexibility index (Phi) is 7.00. The Balaban J connectivity index is 1.45. The number of methoxy groups -OCH3 is 1. The normalized spacial score (nSPS) is 11.9. The van der Waals surface area contributed by atoms with Gasteiger partial charge in [0.05, 0.1) is 33.8 Å². The van der Waals surface area contributed by atoms with Crippen LogP contribution in [0, 0.1) is 0 Å². The Labute approximate surface area is 202 Å². The van der Waals surface area contributed by atoms with Crippen LogP contribution in [0.15, 0.2) is 59.3 Å². The number of ether oxygens (including phenoxy) is 1. The second-order valence-electron chi connectivity index (χ2n) is 6.57. The van der Waals surface area contributed by atoms with Crippen molar-refractivity contribution in [2.75, 3.05) is 12.4 Å². The lowest BCUT2D eigenvalue weighted by molar-refractivity contribution is -0.115.